The van der Waals surface area contributed by atoms with Crippen molar-refractivity contribution in [2.75, 3.05) is 19.6 Å². The van der Waals surface area contributed by atoms with E-state index < -0.39 is 26.8 Å². The third-order valence-electron chi connectivity index (χ3n) is 3.75. The van der Waals surface area contributed by atoms with Crippen molar-refractivity contribution in [3.8, 4) is 0 Å². The zero-order chi connectivity index (χ0) is 16.4. The fourth-order valence-corrected chi connectivity index (χ4v) is 4.86. The van der Waals surface area contributed by atoms with Gasteiger partial charge in [-0.05, 0) is 23.8 Å². The Morgan fingerprint density at radius 2 is 2.13 bits per heavy atom. The molecule has 1 unspecified atom stereocenters. The zero-order valence-electron chi connectivity index (χ0n) is 12.1. The largest absolute Gasteiger partial charge is 0.313 e. The van der Waals surface area contributed by atoms with Gasteiger partial charge >= 0.3 is 0 Å². The number of nitrogens with zero attached hydrogens (tertiary/aromatic N) is 2. The van der Waals surface area contributed by atoms with Crippen molar-refractivity contribution in [3.63, 3.8) is 0 Å². The maximum atomic E-state index is 14.1. The molecule has 1 saturated heterocycles. The molecule has 0 amide bonds. The van der Waals surface area contributed by atoms with Crippen LogP contribution in [0.2, 0.25) is 5.02 Å². The Bertz CT molecular complexity index is 781. The third-order valence-corrected chi connectivity index (χ3v) is 6.16. The third kappa shape index (κ3) is 3.10. The van der Waals surface area contributed by atoms with E-state index in [1.807, 2.05) is 0 Å². The summed E-state index contributed by atoms with van der Waals surface area (Å²) in [6, 6.07) is 6.94. The van der Waals surface area contributed by atoms with Crippen molar-refractivity contribution in [2.24, 2.45) is 0 Å². The average molecular weight is 356 g/mol. The van der Waals surface area contributed by atoms with Crippen LogP contribution in [-0.2, 0) is 10.0 Å². The van der Waals surface area contributed by atoms with Crippen LogP contribution < -0.4 is 5.32 Å². The van der Waals surface area contributed by atoms with Crippen molar-refractivity contribution in [3.05, 3.63) is 59.1 Å². The van der Waals surface area contributed by atoms with Gasteiger partial charge in [-0.3, -0.25) is 4.98 Å². The highest BCUT2D eigenvalue weighted by Gasteiger charge is 2.37. The number of sulfonamides is 1. The van der Waals surface area contributed by atoms with E-state index in [1.165, 1.54) is 16.4 Å². The Hall–Kier alpha value is -1.54. The fraction of sp³-hybridized carbons (Fsp3) is 0.267. The molecule has 8 heteroatoms. The Labute approximate surface area is 139 Å². The molecule has 0 saturated carbocycles. The second-order valence-electron chi connectivity index (χ2n) is 5.17. The van der Waals surface area contributed by atoms with E-state index in [0.29, 0.717) is 13.1 Å². The van der Waals surface area contributed by atoms with Gasteiger partial charge in [0.1, 0.15) is 10.7 Å². The van der Waals surface area contributed by atoms with Gasteiger partial charge in [-0.1, -0.05) is 23.7 Å². The molecule has 0 bridgehead atoms. The number of rotatable bonds is 3. The Balaban J connectivity index is 2.07. The van der Waals surface area contributed by atoms with Crippen LogP contribution in [0.4, 0.5) is 4.39 Å². The minimum absolute atomic E-state index is 0.117. The molecule has 0 radical (unpaired) electrons. The van der Waals surface area contributed by atoms with E-state index in [4.69, 9.17) is 11.6 Å². The van der Waals surface area contributed by atoms with Gasteiger partial charge in [-0.25, -0.2) is 12.8 Å². The van der Waals surface area contributed by atoms with Gasteiger partial charge in [0, 0.05) is 32.0 Å². The monoisotopic (exact) mass is 355 g/mol. The number of benzene rings is 1. The van der Waals surface area contributed by atoms with Gasteiger partial charge in [-0.2, -0.15) is 4.31 Å². The number of hydrogen-bond acceptors (Lipinski definition) is 4. The summed E-state index contributed by atoms with van der Waals surface area (Å²) in [4.78, 5) is 3.56. The van der Waals surface area contributed by atoms with Gasteiger partial charge in [0.25, 0.3) is 0 Å². The first-order valence-electron chi connectivity index (χ1n) is 7.08. The normalized spacial score (nSPS) is 19.7. The lowest BCUT2D eigenvalue weighted by Crippen LogP contribution is -2.48. The Kier molecular flexibility index (Phi) is 4.63. The highest BCUT2D eigenvalue weighted by molar-refractivity contribution is 7.89. The van der Waals surface area contributed by atoms with Gasteiger partial charge in [-0.15, -0.1) is 0 Å². The van der Waals surface area contributed by atoms with Crippen LogP contribution >= 0.6 is 11.6 Å². The number of nitrogens with one attached hydrogen (secondary N) is 1. The van der Waals surface area contributed by atoms with E-state index in [1.54, 1.807) is 24.5 Å². The second kappa shape index (κ2) is 6.52. The molecule has 5 nitrogen and oxygen atoms in total. The molecular weight excluding hydrogens is 341 g/mol. The smallest absolute Gasteiger partial charge is 0.248 e. The molecule has 122 valence electrons. The minimum atomic E-state index is -4.06. The SMILES string of the molecule is O=S(=O)(c1c(F)cccc1Cl)N1CCNCC1c1cccnc1. The minimum Gasteiger partial charge on any atom is -0.313 e. The highest BCUT2D eigenvalue weighted by atomic mass is 35.5. The predicted octanol–water partition coefficient (Wildman–Crippen LogP) is 2.21. The molecule has 3 rings (SSSR count). The summed E-state index contributed by atoms with van der Waals surface area (Å²) < 4.78 is 41.3. The van der Waals surface area contributed by atoms with Crippen LogP contribution in [0.25, 0.3) is 0 Å². The number of halogens is 2. The summed E-state index contributed by atoms with van der Waals surface area (Å²) in [5.41, 5.74) is 0.746. The average Bonchev–Trinajstić information content (AvgIpc) is 2.55. The topological polar surface area (TPSA) is 62.3 Å². The summed E-state index contributed by atoms with van der Waals surface area (Å²) >= 11 is 5.95. The number of hydrogen-bond donors (Lipinski definition) is 1. The number of pyridine rings is 1. The summed E-state index contributed by atoms with van der Waals surface area (Å²) in [7, 11) is -4.06. The van der Waals surface area contributed by atoms with Gasteiger partial charge in [0.05, 0.1) is 11.1 Å². The van der Waals surface area contributed by atoms with E-state index >= 15 is 0 Å². The van der Waals surface area contributed by atoms with Crippen LogP contribution in [0, 0.1) is 5.82 Å². The van der Waals surface area contributed by atoms with Crippen molar-refractivity contribution in [2.45, 2.75) is 10.9 Å². The maximum absolute atomic E-state index is 14.1. The van der Waals surface area contributed by atoms with Crippen LogP contribution in [0.3, 0.4) is 0 Å². The van der Waals surface area contributed by atoms with Gasteiger partial charge in [0.2, 0.25) is 10.0 Å². The van der Waals surface area contributed by atoms with Gasteiger partial charge < -0.3 is 5.32 Å². The zero-order valence-corrected chi connectivity index (χ0v) is 13.7. The summed E-state index contributed by atoms with van der Waals surface area (Å²) in [5, 5.41) is 3.04. The lowest BCUT2D eigenvalue weighted by Gasteiger charge is -2.35. The summed E-state index contributed by atoms with van der Waals surface area (Å²) in [6.45, 7) is 1.14. The molecule has 1 aliphatic heterocycles. The van der Waals surface area contributed by atoms with Gasteiger partial charge in [0.15, 0.2) is 0 Å². The number of aromatic nitrogens is 1. The number of piperazine rings is 1. The molecule has 1 fully saturated rings. The molecule has 1 aromatic heterocycles. The van der Waals surface area contributed by atoms with Crippen LogP contribution in [0.5, 0.6) is 0 Å². The van der Waals surface area contributed by atoms with Crippen LogP contribution in [0.15, 0.2) is 47.6 Å². The molecule has 0 spiro atoms. The molecule has 23 heavy (non-hydrogen) atoms. The summed E-state index contributed by atoms with van der Waals surface area (Å²) in [6.07, 6.45) is 3.23. The first kappa shape index (κ1) is 16.3. The first-order chi connectivity index (χ1) is 11.0. The lowest BCUT2D eigenvalue weighted by atomic mass is 10.1. The molecule has 2 heterocycles. The van der Waals surface area contributed by atoms with E-state index in [2.05, 4.69) is 10.3 Å². The molecule has 1 aliphatic rings. The molecule has 1 atom stereocenters. The quantitative estimate of drug-likeness (QED) is 0.917. The molecule has 1 aromatic carbocycles. The lowest BCUT2D eigenvalue weighted by molar-refractivity contribution is 0.270. The van der Waals surface area contributed by atoms with E-state index in [0.717, 1.165) is 11.6 Å². The molecular formula is C15H15ClFN3O2S. The van der Waals surface area contributed by atoms with Crippen molar-refractivity contribution >= 4 is 21.6 Å². The molecule has 0 aliphatic carbocycles. The highest BCUT2D eigenvalue weighted by Crippen LogP contribution is 2.33. The van der Waals surface area contributed by atoms with Crippen molar-refractivity contribution in [1.29, 1.82) is 0 Å². The maximum Gasteiger partial charge on any atom is 0.248 e. The Morgan fingerprint density at radius 1 is 1.30 bits per heavy atom. The van der Waals surface area contributed by atoms with E-state index in [-0.39, 0.29) is 11.6 Å². The fourth-order valence-electron chi connectivity index (χ4n) is 2.68. The summed E-state index contributed by atoms with van der Waals surface area (Å²) in [5.74, 6) is -0.846. The molecule has 1 N–H and O–H groups in total. The first-order valence-corrected chi connectivity index (χ1v) is 8.90. The van der Waals surface area contributed by atoms with Crippen molar-refractivity contribution < 1.29 is 12.8 Å². The van der Waals surface area contributed by atoms with Crippen LogP contribution in [-0.4, -0.2) is 37.3 Å². The van der Waals surface area contributed by atoms with E-state index in [9.17, 15) is 12.8 Å². The van der Waals surface area contributed by atoms with Crippen molar-refractivity contribution in [1.82, 2.24) is 14.6 Å². The predicted molar refractivity (Wildman–Crippen MR) is 85.1 cm³/mol. The molecule has 2 aromatic rings. The Morgan fingerprint density at radius 3 is 2.83 bits per heavy atom. The standard InChI is InChI=1S/C15H15ClFN3O2S/c16-12-4-1-5-13(17)15(12)23(21,22)20-8-7-19-10-14(20)11-3-2-6-18-9-11/h1-6,9,14,19H,7-8,10H2. The van der Waals surface area contributed by atoms with Crippen LogP contribution in [0.1, 0.15) is 11.6 Å². The second-order valence-corrected chi connectivity index (χ2v) is 7.41.